The van der Waals surface area contributed by atoms with Gasteiger partial charge in [0.05, 0.1) is 6.61 Å². The molecule has 0 spiro atoms. The van der Waals surface area contributed by atoms with Gasteiger partial charge in [-0.3, -0.25) is 9.00 Å². The van der Waals surface area contributed by atoms with E-state index in [0.29, 0.717) is 0 Å². The largest absolute Gasteiger partial charge is 0.480 e. The van der Waals surface area contributed by atoms with Crippen LogP contribution in [-0.4, -0.2) is 39.0 Å². The second-order valence-electron chi connectivity index (χ2n) is 3.69. The Morgan fingerprint density at radius 1 is 1.54 bits per heavy atom. The Morgan fingerprint density at radius 2 is 2.00 bits per heavy atom. The zero-order valence-electron chi connectivity index (χ0n) is 8.36. The highest BCUT2D eigenvalue weighted by molar-refractivity contribution is 7.87. The van der Waals surface area contributed by atoms with E-state index in [1.165, 1.54) is 7.11 Å². The highest BCUT2D eigenvalue weighted by Gasteiger charge is 2.32. The third-order valence-corrected chi connectivity index (χ3v) is 3.52. The van der Waals surface area contributed by atoms with Gasteiger partial charge in [-0.25, -0.2) is 0 Å². The maximum Gasteiger partial charge on any atom is 0.321 e. The van der Waals surface area contributed by atoms with Gasteiger partial charge in [-0.05, 0) is 20.8 Å². The normalized spacial score (nSPS) is 16.6. The first-order valence-corrected chi connectivity index (χ1v) is 5.14. The van der Waals surface area contributed by atoms with Crippen molar-refractivity contribution in [3.8, 4) is 0 Å². The number of carbonyl (C=O) groups is 1. The molecule has 0 aromatic rings. The first kappa shape index (κ1) is 12.6. The lowest BCUT2D eigenvalue weighted by Gasteiger charge is -2.22. The van der Waals surface area contributed by atoms with Gasteiger partial charge < -0.3 is 9.84 Å². The highest BCUT2D eigenvalue weighted by Crippen LogP contribution is 2.16. The molecule has 0 radical (unpaired) electrons. The molecule has 0 rings (SSSR count). The van der Waals surface area contributed by atoms with Crippen molar-refractivity contribution in [3.05, 3.63) is 0 Å². The van der Waals surface area contributed by atoms with Crippen molar-refractivity contribution in [1.29, 1.82) is 0 Å². The molecule has 13 heavy (non-hydrogen) atoms. The quantitative estimate of drug-likeness (QED) is 0.736. The number of methoxy groups -OCH3 is 1. The summed E-state index contributed by atoms with van der Waals surface area (Å²) in [5.74, 6) is -1.07. The lowest BCUT2D eigenvalue weighted by molar-refractivity contribution is -0.137. The van der Waals surface area contributed by atoms with Crippen molar-refractivity contribution in [2.75, 3.05) is 13.7 Å². The van der Waals surface area contributed by atoms with Crippen LogP contribution < -0.4 is 0 Å². The average molecular weight is 208 g/mol. The zero-order valence-corrected chi connectivity index (χ0v) is 9.18. The maximum atomic E-state index is 11.6. The number of hydrogen-bond acceptors (Lipinski definition) is 3. The summed E-state index contributed by atoms with van der Waals surface area (Å²) in [7, 11) is -0.0310. The molecule has 2 unspecified atom stereocenters. The number of hydrogen-bond donors (Lipinski definition) is 1. The van der Waals surface area contributed by atoms with Crippen LogP contribution in [-0.2, 0) is 20.3 Å². The monoisotopic (exact) mass is 208 g/mol. The van der Waals surface area contributed by atoms with Gasteiger partial charge in [-0.2, -0.15) is 0 Å². The summed E-state index contributed by atoms with van der Waals surface area (Å²) in [6.45, 7) is 5.22. The zero-order chi connectivity index (χ0) is 10.6. The predicted octanol–water partition coefficient (Wildman–Crippen LogP) is 0.633. The Labute approximate surface area is 80.7 Å². The summed E-state index contributed by atoms with van der Waals surface area (Å²) < 4.78 is 15.8. The fourth-order valence-corrected chi connectivity index (χ4v) is 2.10. The molecule has 1 N–H and O–H groups in total. The fourth-order valence-electron chi connectivity index (χ4n) is 0.803. The molecule has 0 saturated heterocycles. The fraction of sp³-hybridized carbons (Fsp3) is 0.875. The third-order valence-electron chi connectivity index (χ3n) is 1.46. The second-order valence-corrected chi connectivity index (χ2v) is 6.08. The molecule has 0 saturated carbocycles. The molecule has 0 aliphatic rings. The number of carboxylic acid groups (broad SMARTS) is 1. The van der Waals surface area contributed by atoms with Crippen LogP contribution in [0.2, 0.25) is 0 Å². The Bertz CT molecular complexity index is 207. The van der Waals surface area contributed by atoms with E-state index >= 15 is 0 Å². The van der Waals surface area contributed by atoms with Crippen molar-refractivity contribution in [2.45, 2.75) is 30.8 Å². The first-order valence-electron chi connectivity index (χ1n) is 3.93. The molecule has 0 aliphatic carbocycles. The van der Waals surface area contributed by atoms with Gasteiger partial charge in [0.2, 0.25) is 0 Å². The maximum absolute atomic E-state index is 11.6. The predicted molar refractivity (Wildman–Crippen MR) is 51.2 cm³/mol. The van der Waals surface area contributed by atoms with Crippen LogP contribution >= 0.6 is 0 Å². The summed E-state index contributed by atoms with van der Waals surface area (Å²) in [6, 6.07) is 0. The van der Waals surface area contributed by atoms with Crippen molar-refractivity contribution in [3.63, 3.8) is 0 Å². The Hall–Kier alpha value is -0.420. The minimum Gasteiger partial charge on any atom is -0.480 e. The van der Waals surface area contributed by atoms with Crippen LogP contribution in [0, 0.1) is 0 Å². The van der Waals surface area contributed by atoms with Crippen molar-refractivity contribution in [1.82, 2.24) is 0 Å². The molecule has 4 nitrogen and oxygen atoms in total. The Kier molecular flexibility index (Phi) is 4.56. The molecule has 0 amide bonds. The number of ether oxygens (including phenoxy) is 1. The molecular weight excluding hydrogens is 192 g/mol. The molecule has 0 bridgehead atoms. The Morgan fingerprint density at radius 3 is 2.23 bits per heavy atom. The molecule has 78 valence electrons. The molecule has 0 heterocycles. The van der Waals surface area contributed by atoms with E-state index in [1.807, 2.05) is 0 Å². The van der Waals surface area contributed by atoms with E-state index in [1.54, 1.807) is 20.8 Å². The van der Waals surface area contributed by atoms with Gasteiger partial charge in [-0.1, -0.05) is 0 Å². The Balaban J connectivity index is 4.56. The topological polar surface area (TPSA) is 63.6 Å². The van der Waals surface area contributed by atoms with Crippen molar-refractivity contribution < 1.29 is 18.8 Å². The molecular formula is C8H16O4S. The van der Waals surface area contributed by atoms with Crippen LogP contribution in [0.15, 0.2) is 0 Å². The smallest absolute Gasteiger partial charge is 0.321 e. The van der Waals surface area contributed by atoms with Gasteiger partial charge in [-0.15, -0.1) is 0 Å². The average Bonchev–Trinajstić information content (AvgIpc) is 1.96. The molecule has 0 fully saturated rings. The van der Waals surface area contributed by atoms with Crippen molar-refractivity contribution in [2.24, 2.45) is 0 Å². The highest BCUT2D eigenvalue weighted by atomic mass is 32.2. The van der Waals surface area contributed by atoms with Gasteiger partial charge in [0, 0.05) is 22.7 Å². The molecule has 5 heteroatoms. The minimum absolute atomic E-state index is 0.0147. The molecule has 0 aromatic heterocycles. The molecule has 2 atom stereocenters. The van der Waals surface area contributed by atoms with Gasteiger partial charge in [0.15, 0.2) is 5.25 Å². The van der Waals surface area contributed by atoms with Crippen LogP contribution in [0.3, 0.4) is 0 Å². The molecule has 0 aromatic carbocycles. The lowest BCUT2D eigenvalue weighted by atomic mass is 10.3. The number of carboxylic acids is 1. The van der Waals surface area contributed by atoms with Crippen LogP contribution in [0.25, 0.3) is 0 Å². The van der Waals surface area contributed by atoms with Crippen LogP contribution in [0.5, 0.6) is 0 Å². The standard InChI is InChI=1S/C8H16O4S/c1-8(2,3)13(11)6(5-12-4)7(9)10/h6H,5H2,1-4H3,(H,9,10). The molecule has 0 aliphatic heterocycles. The number of aliphatic carboxylic acids is 1. The summed E-state index contributed by atoms with van der Waals surface area (Å²) in [6.07, 6.45) is 0. The van der Waals surface area contributed by atoms with E-state index < -0.39 is 26.8 Å². The van der Waals surface area contributed by atoms with Crippen LogP contribution in [0.4, 0.5) is 0 Å². The summed E-state index contributed by atoms with van der Waals surface area (Å²) >= 11 is 0. The van der Waals surface area contributed by atoms with E-state index in [0.717, 1.165) is 0 Å². The van der Waals surface area contributed by atoms with Gasteiger partial charge in [0.25, 0.3) is 0 Å². The van der Waals surface area contributed by atoms with E-state index in [9.17, 15) is 9.00 Å². The van der Waals surface area contributed by atoms with E-state index in [4.69, 9.17) is 9.84 Å². The van der Waals surface area contributed by atoms with E-state index in [-0.39, 0.29) is 6.61 Å². The minimum atomic E-state index is -1.43. The summed E-state index contributed by atoms with van der Waals surface area (Å²) in [4.78, 5) is 10.7. The lowest BCUT2D eigenvalue weighted by Crippen LogP contribution is -2.39. The summed E-state index contributed by atoms with van der Waals surface area (Å²) in [5, 5.41) is 7.83. The first-order chi connectivity index (χ1) is 5.80. The SMILES string of the molecule is COCC(C(=O)O)S(=O)C(C)(C)C. The number of rotatable bonds is 4. The van der Waals surface area contributed by atoms with Crippen molar-refractivity contribution >= 4 is 16.8 Å². The third kappa shape index (κ3) is 3.87. The second kappa shape index (κ2) is 4.72. The van der Waals surface area contributed by atoms with Crippen LogP contribution in [0.1, 0.15) is 20.8 Å². The van der Waals surface area contributed by atoms with Gasteiger partial charge >= 0.3 is 5.97 Å². The summed E-state index contributed by atoms with van der Waals surface area (Å²) in [5.41, 5.74) is 0. The van der Waals surface area contributed by atoms with Gasteiger partial charge in [0.1, 0.15) is 0 Å². The van der Waals surface area contributed by atoms with E-state index in [2.05, 4.69) is 0 Å².